The maximum absolute atomic E-state index is 12.6. The smallest absolute Gasteiger partial charge is 0.234 e. The molecule has 0 saturated heterocycles. The van der Waals surface area contributed by atoms with Gasteiger partial charge in [0.15, 0.2) is 0 Å². The van der Waals surface area contributed by atoms with E-state index in [2.05, 4.69) is 24.1 Å². The molecular formula is C18H21N2O3S-. The number of nitrogens with one attached hydrogen (secondary N) is 1. The van der Waals surface area contributed by atoms with Crippen molar-refractivity contribution in [3.63, 3.8) is 0 Å². The average Bonchev–Trinajstić information content (AvgIpc) is 3.01. The Kier molecular flexibility index (Phi) is 6.09. The van der Waals surface area contributed by atoms with Gasteiger partial charge >= 0.3 is 0 Å². The summed E-state index contributed by atoms with van der Waals surface area (Å²) in [6.07, 6.45) is 1.44. The van der Waals surface area contributed by atoms with Crippen LogP contribution in [0.25, 0.3) is 0 Å². The summed E-state index contributed by atoms with van der Waals surface area (Å²) in [6, 6.07) is 6.03. The van der Waals surface area contributed by atoms with Gasteiger partial charge in [0.05, 0.1) is 11.6 Å². The Morgan fingerprint density at radius 3 is 2.42 bits per heavy atom. The molecule has 0 bridgehead atoms. The zero-order valence-corrected chi connectivity index (χ0v) is 14.9. The number of carbonyl (C=O) groups is 2. The lowest BCUT2D eigenvalue weighted by atomic mass is 10.0. The fourth-order valence-electron chi connectivity index (χ4n) is 2.50. The lowest BCUT2D eigenvalue weighted by molar-refractivity contribution is -0.304. The van der Waals surface area contributed by atoms with Crippen LogP contribution in [0.15, 0.2) is 23.6 Å². The molecule has 0 aliphatic carbocycles. The topological polar surface area (TPSA) is 82.1 Å². The van der Waals surface area contributed by atoms with Gasteiger partial charge in [-0.3, -0.25) is 4.79 Å². The molecule has 1 amide bonds. The number of para-hydroxylation sites is 1. The molecule has 2 aromatic rings. The van der Waals surface area contributed by atoms with E-state index in [-0.39, 0.29) is 12.3 Å². The van der Waals surface area contributed by atoms with Crippen LogP contribution in [-0.2, 0) is 28.9 Å². The van der Waals surface area contributed by atoms with Crippen molar-refractivity contribution >= 4 is 28.9 Å². The minimum Gasteiger partial charge on any atom is -0.550 e. The Hall–Kier alpha value is -2.21. The molecule has 5 nitrogen and oxygen atoms in total. The van der Waals surface area contributed by atoms with E-state index in [9.17, 15) is 14.7 Å². The van der Waals surface area contributed by atoms with E-state index in [1.54, 1.807) is 12.3 Å². The minimum absolute atomic E-state index is 0.139. The monoisotopic (exact) mass is 345 g/mol. The Bertz CT molecular complexity index is 717. The first-order valence-corrected chi connectivity index (χ1v) is 8.89. The summed E-state index contributed by atoms with van der Waals surface area (Å²) in [4.78, 5) is 27.5. The number of aliphatic carboxylic acids is 1. The van der Waals surface area contributed by atoms with Gasteiger partial charge in [-0.25, -0.2) is 4.98 Å². The van der Waals surface area contributed by atoms with Gasteiger partial charge in [-0.05, 0) is 30.9 Å². The van der Waals surface area contributed by atoms with E-state index < -0.39 is 11.9 Å². The van der Waals surface area contributed by atoms with E-state index in [0.717, 1.165) is 29.7 Å². The van der Waals surface area contributed by atoms with Crippen molar-refractivity contribution in [3.8, 4) is 0 Å². The van der Waals surface area contributed by atoms with Crippen molar-refractivity contribution in [1.29, 1.82) is 0 Å². The van der Waals surface area contributed by atoms with Gasteiger partial charge in [-0.2, -0.15) is 0 Å². The average molecular weight is 345 g/mol. The fourth-order valence-corrected chi connectivity index (χ4v) is 3.37. The molecule has 0 spiro atoms. The summed E-state index contributed by atoms with van der Waals surface area (Å²) in [7, 11) is 0. The number of carboxylic acid groups (broad SMARTS) is 1. The number of amides is 1. The van der Waals surface area contributed by atoms with Gasteiger partial charge in [0.2, 0.25) is 5.91 Å². The SMILES string of the molecule is CCc1cccc(CC)c1NC(=O)[C@H](C)c1nc(CC(=O)[O-])cs1. The van der Waals surface area contributed by atoms with E-state index in [0.29, 0.717) is 10.7 Å². The van der Waals surface area contributed by atoms with Gasteiger partial charge in [-0.15, -0.1) is 11.3 Å². The van der Waals surface area contributed by atoms with Crippen LogP contribution in [0.3, 0.4) is 0 Å². The molecule has 0 saturated carbocycles. The molecule has 6 heteroatoms. The first kappa shape index (κ1) is 18.1. The van der Waals surface area contributed by atoms with Crippen LogP contribution in [0.2, 0.25) is 0 Å². The van der Waals surface area contributed by atoms with Crippen LogP contribution in [0.1, 0.15) is 48.5 Å². The van der Waals surface area contributed by atoms with Crippen molar-refractivity contribution in [2.75, 3.05) is 5.32 Å². The first-order chi connectivity index (χ1) is 11.5. The van der Waals surface area contributed by atoms with Crippen LogP contribution in [0.5, 0.6) is 0 Å². The van der Waals surface area contributed by atoms with Gasteiger partial charge in [0.25, 0.3) is 0 Å². The molecule has 0 aliphatic rings. The summed E-state index contributed by atoms with van der Waals surface area (Å²) in [5, 5.41) is 15.9. The summed E-state index contributed by atoms with van der Waals surface area (Å²) in [5.74, 6) is -1.76. The van der Waals surface area contributed by atoms with Crippen molar-refractivity contribution in [2.24, 2.45) is 0 Å². The number of aromatic nitrogens is 1. The lowest BCUT2D eigenvalue weighted by Crippen LogP contribution is -2.24. The van der Waals surface area contributed by atoms with Gasteiger partial charge in [-0.1, -0.05) is 32.0 Å². The van der Waals surface area contributed by atoms with Gasteiger partial charge in [0, 0.05) is 23.5 Å². The molecule has 128 valence electrons. The number of aryl methyl sites for hydroxylation is 2. The second kappa shape index (κ2) is 8.06. The van der Waals surface area contributed by atoms with Crippen molar-refractivity contribution in [2.45, 2.75) is 46.0 Å². The Morgan fingerprint density at radius 2 is 1.88 bits per heavy atom. The standard InChI is InChI=1S/C18H22N2O3S/c1-4-12-7-6-8-13(5-2)16(12)20-17(23)11(3)18-19-14(10-24-18)9-15(21)22/h6-8,10-11H,4-5,9H2,1-3H3,(H,20,23)(H,21,22)/p-1/t11-/m0/s1. The number of hydrogen-bond donors (Lipinski definition) is 1. The second-order valence-corrected chi connectivity index (χ2v) is 6.48. The molecule has 0 unspecified atom stereocenters. The highest BCUT2D eigenvalue weighted by Gasteiger charge is 2.20. The largest absolute Gasteiger partial charge is 0.550 e. The Morgan fingerprint density at radius 1 is 1.25 bits per heavy atom. The summed E-state index contributed by atoms with van der Waals surface area (Å²) >= 11 is 1.30. The molecule has 2 rings (SSSR count). The lowest BCUT2D eigenvalue weighted by Gasteiger charge is -2.16. The highest BCUT2D eigenvalue weighted by atomic mass is 32.1. The predicted molar refractivity (Wildman–Crippen MR) is 93.1 cm³/mol. The summed E-state index contributed by atoms with van der Waals surface area (Å²) < 4.78 is 0. The van der Waals surface area contributed by atoms with Crippen LogP contribution in [0, 0.1) is 0 Å². The van der Waals surface area contributed by atoms with E-state index in [1.807, 2.05) is 18.2 Å². The zero-order valence-electron chi connectivity index (χ0n) is 14.1. The molecule has 0 aliphatic heterocycles. The third-order valence-electron chi connectivity index (χ3n) is 3.91. The molecule has 1 aromatic heterocycles. The van der Waals surface area contributed by atoms with Crippen LogP contribution in [-0.4, -0.2) is 16.9 Å². The number of hydrogen-bond acceptors (Lipinski definition) is 5. The normalized spacial score (nSPS) is 12.0. The highest BCUT2D eigenvalue weighted by Crippen LogP contribution is 2.26. The zero-order chi connectivity index (χ0) is 17.7. The molecular weight excluding hydrogens is 324 g/mol. The molecule has 1 aromatic carbocycles. The van der Waals surface area contributed by atoms with Crippen LogP contribution < -0.4 is 10.4 Å². The maximum atomic E-state index is 12.6. The van der Waals surface area contributed by atoms with Crippen LogP contribution in [0.4, 0.5) is 5.69 Å². The number of nitrogens with zero attached hydrogens (tertiary/aromatic N) is 1. The fraction of sp³-hybridized carbons (Fsp3) is 0.389. The molecule has 1 N–H and O–H groups in total. The number of rotatable bonds is 7. The minimum atomic E-state index is -1.17. The van der Waals surface area contributed by atoms with Crippen molar-refractivity contribution in [3.05, 3.63) is 45.4 Å². The third kappa shape index (κ3) is 4.20. The number of anilines is 1. The summed E-state index contributed by atoms with van der Waals surface area (Å²) in [5.41, 5.74) is 3.52. The van der Waals surface area contributed by atoms with Crippen LogP contribution >= 0.6 is 11.3 Å². The Labute approximate surface area is 145 Å². The van der Waals surface area contributed by atoms with Crippen molar-refractivity contribution < 1.29 is 14.7 Å². The maximum Gasteiger partial charge on any atom is 0.234 e. The molecule has 1 heterocycles. The van der Waals surface area contributed by atoms with Gasteiger partial charge in [0.1, 0.15) is 5.01 Å². The molecule has 24 heavy (non-hydrogen) atoms. The highest BCUT2D eigenvalue weighted by molar-refractivity contribution is 7.09. The second-order valence-electron chi connectivity index (χ2n) is 5.60. The van der Waals surface area contributed by atoms with E-state index in [1.165, 1.54) is 11.3 Å². The third-order valence-corrected chi connectivity index (χ3v) is 4.98. The Balaban J connectivity index is 2.17. The van der Waals surface area contributed by atoms with E-state index in [4.69, 9.17) is 0 Å². The molecule has 0 fully saturated rings. The van der Waals surface area contributed by atoms with E-state index >= 15 is 0 Å². The van der Waals surface area contributed by atoms with Gasteiger partial charge < -0.3 is 15.2 Å². The number of benzene rings is 1. The quantitative estimate of drug-likeness (QED) is 0.835. The van der Waals surface area contributed by atoms with Crippen molar-refractivity contribution in [1.82, 2.24) is 4.98 Å². The predicted octanol–water partition coefficient (Wildman–Crippen LogP) is 2.30. The summed E-state index contributed by atoms with van der Waals surface area (Å²) in [6.45, 7) is 5.89. The molecule has 1 atom stereocenters. The number of carboxylic acids is 1. The molecule has 0 radical (unpaired) electrons. The first-order valence-electron chi connectivity index (χ1n) is 8.02. The number of thiazole rings is 1. The number of carbonyl (C=O) groups excluding carboxylic acids is 2.